The molecular formula is C23H26N2O3S. The van der Waals surface area contributed by atoms with Crippen LogP contribution in [0, 0.1) is 0 Å². The Morgan fingerprint density at radius 1 is 1.24 bits per heavy atom. The van der Waals surface area contributed by atoms with Crippen LogP contribution in [0.25, 0.3) is 16.3 Å². The van der Waals surface area contributed by atoms with Gasteiger partial charge in [0.15, 0.2) is 11.5 Å². The molecule has 1 heterocycles. The van der Waals surface area contributed by atoms with Gasteiger partial charge in [-0.15, -0.1) is 11.3 Å². The summed E-state index contributed by atoms with van der Waals surface area (Å²) in [4.78, 5) is 19.0. The van der Waals surface area contributed by atoms with Gasteiger partial charge >= 0.3 is 0 Å². The van der Waals surface area contributed by atoms with Crippen LogP contribution >= 0.6 is 11.3 Å². The lowest BCUT2D eigenvalue weighted by Crippen LogP contribution is -2.27. The van der Waals surface area contributed by atoms with Gasteiger partial charge in [-0.1, -0.05) is 25.1 Å². The molecule has 0 aliphatic heterocycles. The standard InChI is InChI=1S/C23H26N2O3S/c1-5-14-28-19-12-10-17(15-20(19)27-4)11-13-22(26)25(3)16(2)23-24-18-8-6-7-9-21(18)29-23/h6-13,15-16H,5,14H2,1-4H3/b13-11+/t16-/m0/s1. The first-order chi connectivity index (χ1) is 14.0. The van der Waals surface area contributed by atoms with Crippen molar-refractivity contribution >= 4 is 33.5 Å². The molecule has 1 aromatic heterocycles. The first-order valence-electron chi connectivity index (χ1n) is 9.64. The van der Waals surface area contributed by atoms with E-state index in [4.69, 9.17) is 9.47 Å². The predicted octanol–water partition coefficient (Wildman–Crippen LogP) is 5.33. The van der Waals surface area contributed by atoms with Crippen molar-refractivity contribution in [1.82, 2.24) is 9.88 Å². The smallest absolute Gasteiger partial charge is 0.246 e. The second-order valence-corrected chi connectivity index (χ2v) is 7.80. The van der Waals surface area contributed by atoms with Gasteiger partial charge in [0, 0.05) is 13.1 Å². The summed E-state index contributed by atoms with van der Waals surface area (Å²) in [6.07, 6.45) is 4.29. The molecule has 0 N–H and O–H groups in total. The Bertz CT molecular complexity index is 979. The van der Waals surface area contributed by atoms with Gasteiger partial charge in [0.25, 0.3) is 0 Å². The molecule has 6 heteroatoms. The molecule has 0 radical (unpaired) electrons. The zero-order valence-corrected chi connectivity index (χ0v) is 18.0. The van der Waals surface area contributed by atoms with E-state index in [9.17, 15) is 4.79 Å². The summed E-state index contributed by atoms with van der Waals surface area (Å²) in [7, 11) is 3.41. The third kappa shape index (κ3) is 4.95. The van der Waals surface area contributed by atoms with Crippen molar-refractivity contribution in [2.75, 3.05) is 20.8 Å². The van der Waals surface area contributed by atoms with Crippen LogP contribution in [0.1, 0.15) is 36.9 Å². The molecule has 0 unspecified atom stereocenters. The number of rotatable bonds is 8. The molecule has 1 atom stereocenters. The Balaban J connectivity index is 1.70. The van der Waals surface area contributed by atoms with E-state index in [1.807, 2.05) is 49.4 Å². The normalized spacial score (nSPS) is 12.3. The Hall–Kier alpha value is -2.86. The van der Waals surface area contributed by atoms with E-state index in [1.165, 1.54) is 0 Å². The van der Waals surface area contributed by atoms with Gasteiger partial charge < -0.3 is 14.4 Å². The lowest BCUT2D eigenvalue weighted by Gasteiger charge is -2.21. The third-order valence-electron chi connectivity index (χ3n) is 4.66. The van der Waals surface area contributed by atoms with Crippen LogP contribution in [-0.2, 0) is 4.79 Å². The quantitative estimate of drug-likeness (QED) is 0.471. The summed E-state index contributed by atoms with van der Waals surface area (Å²) in [5, 5.41) is 0.926. The number of nitrogens with zero attached hydrogens (tertiary/aromatic N) is 2. The average Bonchev–Trinajstić information content (AvgIpc) is 3.19. The highest BCUT2D eigenvalue weighted by molar-refractivity contribution is 7.18. The van der Waals surface area contributed by atoms with Crippen LogP contribution in [0.2, 0.25) is 0 Å². The van der Waals surface area contributed by atoms with E-state index in [2.05, 4.69) is 11.9 Å². The van der Waals surface area contributed by atoms with Crippen molar-refractivity contribution in [1.29, 1.82) is 0 Å². The Kier molecular flexibility index (Phi) is 6.88. The third-order valence-corrected chi connectivity index (χ3v) is 5.87. The van der Waals surface area contributed by atoms with E-state index in [-0.39, 0.29) is 11.9 Å². The Morgan fingerprint density at radius 3 is 2.76 bits per heavy atom. The number of ether oxygens (including phenoxy) is 2. The van der Waals surface area contributed by atoms with Crippen LogP contribution in [0.15, 0.2) is 48.5 Å². The molecule has 3 aromatic rings. The number of hydrogen-bond acceptors (Lipinski definition) is 5. The van der Waals surface area contributed by atoms with Gasteiger partial charge in [0.2, 0.25) is 5.91 Å². The maximum Gasteiger partial charge on any atom is 0.246 e. The fourth-order valence-corrected chi connectivity index (χ4v) is 3.89. The zero-order valence-electron chi connectivity index (χ0n) is 17.2. The fraction of sp³-hybridized carbons (Fsp3) is 0.304. The molecule has 152 valence electrons. The predicted molar refractivity (Wildman–Crippen MR) is 119 cm³/mol. The SMILES string of the molecule is CCCOc1ccc(/C=C/C(=O)N(C)[C@@H](C)c2nc3ccccc3s2)cc1OC. The van der Waals surface area contributed by atoms with E-state index < -0.39 is 0 Å². The lowest BCUT2D eigenvalue weighted by molar-refractivity contribution is -0.126. The number of para-hydroxylation sites is 1. The molecule has 3 rings (SSSR count). The molecule has 0 spiro atoms. The highest BCUT2D eigenvalue weighted by Gasteiger charge is 2.19. The molecule has 1 amide bonds. The molecule has 0 bridgehead atoms. The number of hydrogen-bond donors (Lipinski definition) is 0. The molecule has 29 heavy (non-hydrogen) atoms. The molecular weight excluding hydrogens is 384 g/mol. The maximum absolute atomic E-state index is 12.7. The molecule has 0 saturated heterocycles. The van der Waals surface area contributed by atoms with Gasteiger partial charge in [-0.25, -0.2) is 4.98 Å². The highest BCUT2D eigenvalue weighted by Crippen LogP contribution is 2.30. The monoisotopic (exact) mass is 410 g/mol. The van der Waals surface area contributed by atoms with Gasteiger partial charge in [-0.3, -0.25) is 4.79 Å². The molecule has 5 nitrogen and oxygen atoms in total. The van der Waals surface area contributed by atoms with Crippen LogP contribution < -0.4 is 9.47 Å². The molecule has 0 aliphatic rings. The van der Waals surface area contributed by atoms with E-state index >= 15 is 0 Å². The van der Waals surface area contributed by atoms with Crippen molar-refractivity contribution in [3.63, 3.8) is 0 Å². The minimum absolute atomic E-state index is 0.0815. The Labute approximate surface area is 175 Å². The van der Waals surface area contributed by atoms with Crippen LogP contribution in [-0.4, -0.2) is 36.6 Å². The first-order valence-corrected chi connectivity index (χ1v) is 10.5. The largest absolute Gasteiger partial charge is 0.493 e. The molecule has 0 saturated carbocycles. The number of carbonyl (C=O) groups is 1. The lowest BCUT2D eigenvalue weighted by atomic mass is 10.2. The number of carbonyl (C=O) groups excluding carboxylic acids is 1. The van der Waals surface area contributed by atoms with Crippen LogP contribution in [0.4, 0.5) is 0 Å². The van der Waals surface area contributed by atoms with Gasteiger partial charge in [0.05, 0.1) is 30.0 Å². The van der Waals surface area contributed by atoms with Crippen molar-refractivity contribution in [2.24, 2.45) is 0 Å². The minimum atomic E-state index is -0.107. The van der Waals surface area contributed by atoms with Crippen LogP contribution in [0.3, 0.4) is 0 Å². The first kappa shape index (κ1) is 20.9. The number of methoxy groups -OCH3 is 1. The second-order valence-electron chi connectivity index (χ2n) is 6.74. The zero-order chi connectivity index (χ0) is 20.8. The summed E-state index contributed by atoms with van der Waals surface area (Å²) >= 11 is 1.62. The number of benzene rings is 2. The Morgan fingerprint density at radius 2 is 2.03 bits per heavy atom. The molecule has 0 fully saturated rings. The van der Waals surface area contributed by atoms with Crippen molar-refractivity contribution in [3.8, 4) is 11.5 Å². The molecule has 2 aromatic carbocycles. The van der Waals surface area contributed by atoms with Crippen LogP contribution in [0.5, 0.6) is 11.5 Å². The molecule has 0 aliphatic carbocycles. The summed E-state index contributed by atoms with van der Waals surface area (Å²) in [6, 6.07) is 13.5. The second kappa shape index (κ2) is 9.56. The highest BCUT2D eigenvalue weighted by atomic mass is 32.1. The number of fused-ring (bicyclic) bond motifs is 1. The number of thiazole rings is 1. The topological polar surface area (TPSA) is 51.7 Å². The van der Waals surface area contributed by atoms with Crippen molar-refractivity contribution < 1.29 is 14.3 Å². The van der Waals surface area contributed by atoms with Gasteiger partial charge in [-0.2, -0.15) is 0 Å². The van der Waals surface area contributed by atoms with Gasteiger partial charge in [-0.05, 0) is 49.2 Å². The summed E-state index contributed by atoms with van der Waals surface area (Å²) in [5.41, 5.74) is 1.84. The van der Waals surface area contributed by atoms with E-state index in [0.717, 1.165) is 27.2 Å². The summed E-state index contributed by atoms with van der Waals surface area (Å²) in [6.45, 7) is 4.69. The van der Waals surface area contributed by atoms with E-state index in [1.54, 1.807) is 42.5 Å². The number of aromatic nitrogens is 1. The maximum atomic E-state index is 12.7. The average molecular weight is 411 g/mol. The number of amides is 1. The van der Waals surface area contributed by atoms with Crippen molar-refractivity contribution in [2.45, 2.75) is 26.3 Å². The summed E-state index contributed by atoms with van der Waals surface area (Å²) in [5.74, 6) is 1.28. The van der Waals surface area contributed by atoms with Gasteiger partial charge in [0.1, 0.15) is 5.01 Å². The summed E-state index contributed by atoms with van der Waals surface area (Å²) < 4.78 is 12.2. The number of likely N-dealkylation sites (N-methyl/N-ethyl adjacent to an activating group) is 1. The fourth-order valence-electron chi connectivity index (χ4n) is 2.83. The minimum Gasteiger partial charge on any atom is -0.493 e. The van der Waals surface area contributed by atoms with Crippen molar-refractivity contribution in [3.05, 3.63) is 59.1 Å². The van der Waals surface area contributed by atoms with E-state index in [0.29, 0.717) is 18.1 Å².